The minimum Gasteiger partial charge on any atom is -0.756 e. The summed E-state index contributed by atoms with van der Waals surface area (Å²) in [6.45, 7) is -12.2. The van der Waals surface area contributed by atoms with Gasteiger partial charge in [-0.25, -0.2) is 0 Å². The molecule has 0 rings (SSSR count). The number of aliphatic hydroxyl groups excluding tert-OH is 1. The van der Waals surface area contributed by atoms with Crippen molar-refractivity contribution < 1.29 is 228 Å². The van der Waals surface area contributed by atoms with Crippen LogP contribution in [0.3, 0.4) is 0 Å². The highest BCUT2D eigenvalue weighted by Gasteiger charge is 2.22. The summed E-state index contributed by atoms with van der Waals surface area (Å²) in [5.41, 5.74) is 0. The Morgan fingerprint density at radius 3 is 0.574 bits per heavy atom. The average Bonchev–Trinajstić information content (AvgIpc) is 3.20. The molecule has 49 nitrogen and oxygen atoms in total. The zero-order valence-corrected chi connectivity index (χ0v) is 60.3. The van der Waals surface area contributed by atoms with E-state index < -0.39 is 244 Å². The quantitative estimate of drug-likeness (QED) is 0.0386. The molecule has 15 unspecified atom stereocenters. The van der Waals surface area contributed by atoms with Crippen molar-refractivity contribution in [1.29, 1.82) is 0 Å². The Kier molecular flexibility index (Phi) is 50.0. The molecule has 0 saturated heterocycles. The molecule has 568 valence electrons. The Morgan fingerprint density at radius 2 is 0.404 bits per heavy atom. The van der Waals surface area contributed by atoms with Crippen molar-refractivity contribution in [1.82, 2.24) is 0 Å². The number of hydrogen-bond donors (Lipinski definition) is 3. The number of hydrogen-bond acceptors (Lipinski definition) is 47. The summed E-state index contributed by atoms with van der Waals surface area (Å²) in [5, 5.41) is 9.04. The molecule has 61 heteroatoms. The van der Waals surface area contributed by atoms with Crippen LogP contribution in [0.2, 0.25) is 0 Å². The zero-order chi connectivity index (χ0) is 72.7. The largest absolute Gasteiger partial charge is 0.756 e. The Hall–Kier alpha value is 1.28. The molecule has 0 spiro atoms. The van der Waals surface area contributed by atoms with Gasteiger partial charge in [0, 0.05) is 18.4 Å². The molecule has 0 heterocycles. The lowest BCUT2D eigenvalue weighted by atomic mass is 10.1. The molecule has 0 radical (unpaired) electrons. The lowest BCUT2D eigenvalue weighted by Gasteiger charge is -2.27. The van der Waals surface area contributed by atoms with Crippen LogP contribution >= 0.6 is 93.9 Å². The smallest absolute Gasteiger partial charge is 0.268 e. The fraction of sp³-hybridized carbons (Fsp3) is 1.00. The Bertz CT molecular complexity index is 2690. The topological polar surface area (TPSA) is 745 Å². The Morgan fingerprint density at radius 1 is 0.245 bits per heavy atom. The first-order valence-corrected chi connectivity index (χ1v) is 43.5. The summed E-state index contributed by atoms with van der Waals surface area (Å²) in [6, 6.07) is 0. The second-order valence-electron chi connectivity index (χ2n) is 16.8. The zero-order valence-electron chi connectivity index (χ0n) is 49.6. The Balaban J connectivity index is 0. The standard InChI is InChI=1S/C26H64O41P10.C7H18O8P2/c1-3-25(21-27)22-66-76(45,46)63-19-17-61-74(41,42)59-15-13-57-72(37,38)55-11-9-53-70(33,34)51-7-5-49-69(31,32)50-6-8-52-71(35,36)54-10-12-56-73(39,40)58-14-16-60-75(43,44)62-18-20-64-77(47,48)67-24-26(4-2)23-65-68(28,29)30;1-3-7(2)6-15-17(11,12)14-5-4-13-16(8,9)10/h25-27H,3-24H2,1-2H3,(H,31,32)(H,33,34)(H,35,36)(H,37,38)(H,39,40)(H,41,42)(H,43,44)(H,45,46)(H,47,48)(H2,28,29,30);7H,3-6H2,1-2H3,(H,11,12)(H2,8,9,10)/p-12. The van der Waals surface area contributed by atoms with Crippen LogP contribution in [0.25, 0.3) is 0 Å². The third kappa shape index (κ3) is 60.8. The van der Waals surface area contributed by atoms with Crippen LogP contribution < -0.4 is 58.7 Å². The highest BCUT2D eigenvalue weighted by molar-refractivity contribution is 7.48. The molecule has 94 heavy (non-hydrogen) atoms. The van der Waals surface area contributed by atoms with Gasteiger partial charge >= 0.3 is 0 Å². The predicted octanol–water partition coefficient (Wildman–Crippen LogP) is -3.97. The first-order valence-electron chi connectivity index (χ1n) is 25.9. The number of rotatable bonds is 61. The van der Waals surface area contributed by atoms with Gasteiger partial charge in [0.15, 0.2) is 0 Å². The van der Waals surface area contributed by atoms with Gasteiger partial charge in [-0.15, -0.1) is 0 Å². The molecular weight excluding hydrogens is 1550 g/mol. The summed E-state index contributed by atoms with van der Waals surface area (Å²) in [7, 11) is -61.0. The molecule has 0 fully saturated rings. The van der Waals surface area contributed by atoms with Crippen molar-refractivity contribution in [3.63, 3.8) is 0 Å². The van der Waals surface area contributed by atoms with Crippen LogP contribution in [-0.4, -0.2) is 167 Å². The van der Waals surface area contributed by atoms with E-state index in [-0.39, 0.29) is 25.6 Å². The van der Waals surface area contributed by atoms with E-state index in [1.165, 1.54) is 6.92 Å². The first kappa shape index (κ1) is 97.3. The van der Waals surface area contributed by atoms with Crippen LogP contribution in [0.4, 0.5) is 0 Å². The van der Waals surface area contributed by atoms with Gasteiger partial charge in [-0.2, -0.15) is 0 Å². The van der Waals surface area contributed by atoms with E-state index in [1.807, 2.05) is 13.8 Å². The second-order valence-corrected chi connectivity index (χ2v) is 33.3. The first-order chi connectivity index (χ1) is 42.9. The van der Waals surface area contributed by atoms with Crippen LogP contribution in [0.15, 0.2) is 0 Å². The fourth-order valence-corrected chi connectivity index (χ4v) is 12.3. The van der Waals surface area contributed by atoms with Gasteiger partial charge < -0.3 is 173 Å². The summed E-state index contributed by atoms with van der Waals surface area (Å²) in [5.74, 6) is -1.25. The monoisotopic (exact) mass is 1620 g/mol. The average molecular weight is 1620 g/mol. The maximum Gasteiger partial charge on any atom is 0.268 e. The van der Waals surface area contributed by atoms with Crippen LogP contribution in [0, 0.1) is 17.8 Å². The van der Waals surface area contributed by atoms with Crippen molar-refractivity contribution in [2.45, 2.75) is 47.0 Å². The van der Waals surface area contributed by atoms with E-state index in [0.29, 0.717) is 6.42 Å². The fourth-order valence-electron chi connectivity index (χ4n) is 4.57. The molecule has 0 aliphatic carbocycles. The molecule has 0 amide bonds. The number of phosphoric ester groups is 12. The van der Waals surface area contributed by atoms with E-state index in [4.69, 9.17) is 14.9 Å². The molecule has 0 saturated carbocycles. The van der Waals surface area contributed by atoms with Crippen molar-refractivity contribution >= 4 is 93.9 Å². The van der Waals surface area contributed by atoms with Crippen molar-refractivity contribution in [3.8, 4) is 0 Å². The maximum atomic E-state index is 11.8. The minimum atomic E-state index is -5.29. The lowest BCUT2D eigenvalue weighted by Crippen LogP contribution is -2.20. The van der Waals surface area contributed by atoms with E-state index in [2.05, 4.69) is 99.5 Å². The summed E-state index contributed by atoms with van der Waals surface area (Å²) >= 11 is 0. The van der Waals surface area contributed by atoms with Crippen molar-refractivity contribution in [2.24, 2.45) is 17.8 Å². The van der Waals surface area contributed by atoms with Gasteiger partial charge in [0.25, 0.3) is 93.9 Å². The summed E-state index contributed by atoms with van der Waals surface area (Å²) in [6.07, 6.45) is 1.30. The molecule has 0 aromatic carbocycles. The molecule has 15 atom stereocenters. The third-order valence-corrected chi connectivity index (χ3v) is 20.1. The summed E-state index contributed by atoms with van der Waals surface area (Å²) in [4.78, 5) is 155. The number of phosphoric acid groups is 12. The SMILES string of the molecule is CCC(C)COP(=O)([O-])OCCOP(=O)([O-])O.CCC(CO)COP(=O)([O-])OCCOP(=O)([O-])OCCOP(=O)([O-])OCCOP(=O)([O-])OCCOP(=O)([O-])OCCOP(=O)([O-])OCCOP(=O)([O-])OCCOP(=O)([O-])OCCOP(=O)([O-])OCC(CC)COP(=O)([O-])O. The summed E-state index contributed by atoms with van der Waals surface area (Å²) < 4.78 is 233. The normalized spacial score (nSPS) is 21.0. The maximum absolute atomic E-state index is 11.8. The molecular formula is C33H70O49P12-12. The van der Waals surface area contributed by atoms with Crippen LogP contribution in [0.1, 0.15) is 47.0 Å². The predicted molar refractivity (Wildman–Crippen MR) is 281 cm³/mol. The minimum absolute atomic E-state index is 0.00180. The van der Waals surface area contributed by atoms with Gasteiger partial charge in [0.05, 0.1) is 145 Å². The van der Waals surface area contributed by atoms with Gasteiger partial charge in [-0.1, -0.05) is 34.1 Å². The van der Waals surface area contributed by atoms with Crippen molar-refractivity contribution in [2.75, 3.05) is 152 Å². The van der Waals surface area contributed by atoms with Gasteiger partial charge in [0.1, 0.15) is 0 Å². The molecule has 3 N–H and O–H groups in total. The van der Waals surface area contributed by atoms with Crippen LogP contribution in [-0.2, 0) is 154 Å². The third-order valence-electron chi connectivity index (χ3n) is 9.28. The van der Waals surface area contributed by atoms with E-state index in [1.54, 1.807) is 6.92 Å². The van der Waals surface area contributed by atoms with Gasteiger partial charge in [-0.05, 0) is 18.8 Å². The molecule has 0 aliphatic heterocycles. The Labute approximate surface area is 536 Å². The van der Waals surface area contributed by atoms with E-state index in [0.717, 1.165) is 6.42 Å². The highest BCUT2D eigenvalue weighted by atomic mass is 31.2. The molecule has 0 aromatic rings. The van der Waals surface area contributed by atoms with Gasteiger partial charge in [0.2, 0.25) is 0 Å². The molecule has 0 bridgehead atoms. The van der Waals surface area contributed by atoms with E-state index >= 15 is 0 Å². The van der Waals surface area contributed by atoms with Crippen molar-refractivity contribution in [3.05, 3.63) is 0 Å². The van der Waals surface area contributed by atoms with Crippen LogP contribution in [0.5, 0.6) is 0 Å². The lowest BCUT2D eigenvalue weighted by molar-refractivity contribution is -0.239. The van der Waals surface area contributed by atoms with Gasteiger partial charge in [-0.3, -0.25) is 54.8 Å². The number of aliphatic hydroxyl groups is 1. The molecule has 0 aliphatic rings. The second kappa shape index (κ2) is 48.3. The molecule has 0 aromatic heterocycles. The van der Waals surface area contributed by atoms with E-state index in [9.17, 15) is 114 Å². The highest BCUT2D eigenvalue weighted by Crippen LogP contribution is 2.47.